The van der Waals surface area contributed by atoms with Crippen LogP contribution in [0.25, 0.3) is 82.4 Å². The van der Waals surface area contributed by atoms with E-state index in [9.17, 15) is 0 Å². The molecule has 0 bridgehead atoms. The summed E-state index contributed by atoms with van der Waals surface area (Å²) in [5, 5.41) is 4.62. The van der Waals surface area contributed by atoms with Crippen molar-refractivity contribution < 1.29 is 13.7 Å². The first-order chi connectivity index (χ1) is 27.4. The number of hydrogen-bond donors (Lipinski definition) is 0. The highest BCUT2D eigenvalue weighted by Crippen LogP contribution is 2.45. The predicted octanol–water partition coefficient (Wildman–Crippen LogP) is 12.0. The molecule has 8 aromatic carbocycles. The average molecular weight is 611 g/mol. The molecule has 0 saturated carbocycles. The van der Waals surface area contributed by atoms with Gasteiger partial charge in [-0.3, -0.25) is 4.57 Å². The van der Waals surface area contributed by atoms with E-state index in [4.69, 9.17) is 18.7 Å². The summed E-state index contributed by atoms with van der Waals surface area (Å²) in [6.07, 6.45) is 0.767. The van der Waals surface area contributed by atoms with Crippen LogP contribution in [0.5, 0.6) is 0 Å². The normalized spacial score (nSPS) is 14.6. The Labute approximate surface area is 288 Å². The second-order valence-corrected chi connectivity index (χ2v) is 11.5. The molecule has 0 aliphatic rings. The molecule has 0 radical (unpaired) electrons. The van der Waals surface area contributed by atoms with Crippen molar-refractivity contribution in [1.29, 1.82) is 0 Å². The molecular weight excluding hydrogens is 569 g/mol. The molecule has 47 heavy (non-hydrogen) atoms. The van der Waals surface area contributed by atoms with Crippen LogP contribution in [-0.2, 0) is 6.42 Å². The van der Waals surface area contributed by atoms with Gasteiger partial charge in [-0.1, -0.05) is 134 Å². The van der Waals surface area contributed by atoms with Gasteiger partial charge < -0.3 is 0 Å². The molecule has 0 aliphatic heterocycles. The van der Waals surface area contributed by atoms with Gasteiger partial charge in [0.05, 0.1) is 24.7 Å². The standard InChI is InChI=1S/C45H32N2/c1-2-43-46-41-19-11-12-20-42(41)47(43)36-25-23-32-27-35(22-21-33(32)28-36)45-38-18-10-9-17-37(38)44(31-15-7-4-8-16-31)40-29-34(24-26-39(40)45)30-13-5-3-6-14-30/h3-29H,2H2,1H3/i3D,4D,5D,6D,7D,8D,13D,14D,15D,16D. The Bertz CT molecular complexity index is 3130. The van der Waals surface area contributed by atoms with Crippen LogP contribution in [0, 0.1) is 0 Å². The van der Waals surface area contributed by atoms with Crippen molar-refractivity contribution in [2.45, 2.75) is 13.3 Å². The Balaban J connectivity index is 1.35. The molecule has 1 aromatic heterocycles. The Hall–Kier alpha value is -5.99. The van der Waals surface area contributed by atoms with Crippen LogP contribution in [0.15, 0.2) is 164 Å². The SMILES string of the molecule is [2H]c1c([2H])c([2H])c(-c2ccc3c(-c4ccc5cc(-n6c(CC)nc7ccccc76)ccc5c4)c4ccccc4c(-c4c([2H])c([2H])c([2H])c([2H])c4[2H])c3c2)c([2H])c1[2H]. The van der Waals surface area contributed by atoms with Crippen LogP contribution < -0.4 is 0 Å². The Kier molecular flexibility index (Phi) is 4.46. The van der Waals surface area contributed by atoms with Gasteiger partial charge in [0.1, 0.15) is 5.82 Å². The second kappa shape index (κ2) is 11.1. The smallest absolute Gasteiger partial charge is 0.114 e. The number of hydrogen-bond acceptors (Lipinski definition) is 1. The van der Waals surface area contributed by atoms with Crippen LogP contribution in [0.4, 0.5) is 0 Å². The van der Waals surface area contributed by atoms with Gasteiger partial charge in [-0.2, -0.15) is 0 Å². The fourth-order valence-electron chi connectivity index (χ4n) is 6.81. The summed E-state index contributed by atoms with van der Waals surface area (Å²) in [6.45, 7) is 2.09. The van der Waals surface area contributed by atoms with Crippen LogP contribution in [-0.4, -0.2) is 9.55 Å². The van der Waals surface area contributed by atoms with E-state index in [0.717, 1.165) is 56.3 Å². The van der Waals surface area contributed by atoms with Gasteiger partial charge in [-0.25, -0.2) is 4.98 Å². The molecule has 1 heterocycles. The van der Waals surface area contributed by atoms with E-state index in [2.05, 4.69) is 47.9 Å². The first-order valence-corrected chi connectivity index (χ1v) is 15.5. The fraction of sp³-hybridized carbons (Fsp3) is 0.0444. The summed E-state index contributed by atoms with van der Waals surface area (Å²) in [4.78, 5) is 4.86. The third kappa shape index (κ3) is 4.53. The lowest BCUT2D eigenvalue weighted by molar-refractivity contribution is 0.909. The van der Waals surface area contributed by atoms with Crippen molar-refractivity contribution in [2.75, 3.05) is 0 Å². The number of para-hydroxylation sites is 2. The molecule has 0 N–H and O–H groups in total. The fourth-order valence-corrected chi connectivity index (χ4v) is 6.81. The summed E-state index contributed by atoms with van der Waals surface area (Å²) in [5.41, 5.74) is 5.42. The minimum Gasteiger partial charge on any atom is -0.296 e. The molecule has 9 aromatic rings. The highest BCUT2D eigenvalue weighted by Gasteiger charge is 2.18. The molecule has 222 valence electrons. The lowest BCUT2D eigenvalue weighted by Crippen LogP contribution is -2.00. The molecule has 0 atom stereocenters. The molecule has 0 saturated heterocycles. The van der Waals surface area contributed by atoms with Gasteiger partial charge in [-0.15, -0.1) is 0 Å². The Morgan fingerprint density at radius 1 is 0.532 bits per heavy atom. The van der Waals surface area contributed by atoms with Gasteiger partial charge >= 0.3 is 0 Å². The van der Waals surface area contributed by atoms with Crippen LogP contribution in [0.2, 0.25) is 0 Å². The Morgan fingerprint density at radius 3 is 1.91 bits per heavy atom. The number of aromatic nitrogens is 2. The molecule has 0 unspecified atom stereocenters. The van der Waals surface area contributed by atoms with E-state index in [1.54, 1.807) is 12.1 Å². The van der Waals surface area contributed by atoms with Crippen LogP contribution >= 0.6 is 0 Å². The summed E-state index contributed by atoms with van der Waals surface area (Å²) in [5.74, 6) is 0.965. The summed E-state index contributed by atoms with van der Waals surface area (Å²) in [6, 6.07) is 29.1. The maximum absolute atomic E-state index is 9.03. The summed E-state index contributed by atoms with van der Waals surface area (Å²) >= 11 is 0. The van der Waals surface area contributed by atoms with Crippen molar-refractivity contribution in [3.63, 3.8) is 0 Å². The lowest BCUT2D eigenvalue weighted by Gasteiger charge is -2.19. The highest BCUT2D eigenvalue weighted by molar-refractivity contribution is 6.22. The second-order valence-electron chi connectivity index (χ2n) is 11.5. The van der Waals surface area contributed by atoms with Crippen LogP contribution in [0.1, 0.15) is 26.5 Å². The summed E-state index contributed by atoms with van der Waals surface area (Å²) in [7, 11) is 0. The van der Waals surface area contributed by atoms with Crippen molar-refractivity contribution in [3.05, 3.63) is 169 Å². The van der Waals surface area contributed by atoms with Gasteiger partial charge in [0, 0.05) is 12.1 Å². The topological polar surface area (TPSA) is 17.8 Å². The van der Waals surface area contributed by atoms with E-state index >= 15 is 0 Å². The molecule has 9 rings (SSSR count). The minimum atomic E-state index is -0.509. The van der Waals surface area contributed by atoms with Crippen molar-refractivity contribution in [1.82, 2.24) is 9.55 Å². The molecule has 0 fully saturated rings. The van der Waals surface area contributed by atoms with Crippen molar-refractivity contribution >= 4 is 43.4 Å². The van der Waals surface area contributed by atoms with Gasteiger partial charge in [-0.05, 0) is 102 Å². The minimum absolute atomic E-state index is 0.00281. The number of aryl methyl sites for hydroxylation is 1. The zero-order valence-corrected chi connectivity index (χ0v) is 25.4. The van der Waals surface area contributed by atoms with Crippen LogP contribution in [0.3, 0.4) is 0 Å². The van der Waals surface area contributed by atoms with E-state index in [1.165, 1.54) is 0 Å². The maximum Gasteiger partial charge on any atom is 0.114 e. The zero-order chi connectivity index (χ0) is 40.0. The molecule has 2 nitrogen and oxygen atoms in total. The third-order valence-corrected chi connectivity index (χ3v) is 8.88. The number of rotatable bonds is 5. The monoisotopic (exact) mass is 610 g/mol. The van der Waals surface area contributed by atoms with E-state index in [-0.39, 0.29) is 35.3 Å². The molecule has 0 aliphatic carbocycles. The quantitative estimate of drug-likeness (QED) is 0.177. The molecule has 2 heteroatoms. The average Bonchev–Trinajstić information content (AvgIpc) is 3.62. The van der Waals surface area contributed by atoms with Crippen molar-refractivity contribution in [3.8, 4) is 39.1 Å². The molecular formula is C45H32N2. The van der Waals surface area contributed by atoms with E-state index in [0.29, 0.717) is 27.3 Å². The van der Waals surface area contributed by atoms with Crippen molar-refractivity contribution in [2.24, 2.45) is 0 Å². The number of nitrogens with zero attached hydrogens (tertiary/aromatic N) is 2. The highest BCUT2D eigenvalue weighted by atomic mass is 15.1. The maximum atomic E-state index is 9.03. The van der Waals surface area contributed by atoms with E-state index in [1.807, 2.05) is 54.6 Å². The summed E-state index contributed by atoms with van der Waals surface area (Å²) < 4.78 is 88.0. The lowest BCUT2D eigenvalue weighted by atomic mass is 9.84. The number of benzene rings is 8. The zero-order valence-electron chi connectivity index (χ0n) is 35.4. The predicted molar refractivity (Wildman–Crippen MR) is 199 cm³/mol. The number of fused-ring (bicyclic) bond motifs is 4. The number of imidazole rings is 1. The third-order valence-electron chi connectivity index (χ3n) is 8.88. The Morgan fingerprint density at radius 2 is 1.15 bits per heavy atom. The van der Waals surface area contributed by atoms with E-state index < -0.39 is 36.3 Å². The van der Waals surface area contributed by atoms with Gasteiger partial charge in [0.2, 0.25) is 0 Å². The first-order valence-electron chi connectivity index (χ1n) is 20.5. The molecule has 0 spiro atoms. The first kappa shape index (κ1) is 18.9. The largest absolute Gasteiger partial charge is 0.296 e. The van der Waals surface area contributed by atoms with Gasteiger partial charge in [0.25, 0.3) is 0 Å². The molecule has 0 amide bonds. The van der Waals surface area contributed by atoms with Gasteiger partial charge in [0.15, 0.2) is 0 Å².